The van der Waals surface area contributed by atoms with E-state index in [4.69, 9.17) is 9.84 Å². The number of ether oxygens (including phenoxy) is 1. The fraction of sp³-hybridized carbons (Fsp3) is 0.250. The van der Waals surface area contributed by atoms with Gasteiger partial charge in [0.1, 0.15) is 5.75 Å². The average molecular weight is 321 g/mol. The maximum absolute atomic E-state index is 12.4. The zero-order valence-corrected chi connectivity index (χ0v) is 13.4. The Morgan fingerprint density at radius 2 is 1.82 bits per heavy atom. The lowest BCUT2D eigenvalue weighted by molar-refractivity contribution is 0.299. The molecule has 0 heterocycles. The Kier molecular flexibility index (Phi) is 5.05. The molecule has 0 aliphatic heterocycles. The number of hydrogen-bond acceptors (Lipinski definition) is 4. The van der Waals surface area contributed by atoms with Crippen LogP contribution in [0.1, 0.15) is 11.1 Å². The zero-order valence-electron chi connectivity index (χ0n) is 12.5. The van der Waals surface area contributed by atoms with Crippen LogP contribution >= 0.6 is 0 Å². The van der Waals surface area contributed by atoms with Gasteiger partial charge in [0, 0.05) is 12.7 Å². The molecule has 2 aromatic rings. The summed E-state index contributed by atoms with van der Waals surface area (Å²) in [5.41, 5.74) is 2.19. The third-order valence-electron chi connectivity index (χ3n) is 3.19. The van der Waals surface area contributed by atoms with Crippen LogP contribution in [-0.2, 0) is 16.4 Å². The van der Waals surface area contributed by atoms with Gasteiger partial charge in [-0.1, -0.05) is 17.7 Å². The van der Waals surface area contributed by atoms with Crippen LogP contribution in [0.15, 0.2) is 47.4 Å². The molecule has 0 amide bonds. The van der Waals surface area contributed by atoms with Gasteiger partial charge in [0.15, 0.2) is 0 Å². The fourth-order valence-electron chi connectivity index (χ4n) is 2.04. The van der Waals surface area contributed by atoms with Gasteiger partial charge < -0.3 is 9.84 Å². The summed E-state index contributed by atoms with van der Waals surface area (Å²) < 4.78 is 32.5. The van der Waals surface area contributed by atoms with Gasteiger partial charge >= 0.3 is 0 Å². The van der Waals surface area contributed by atoms with Crippen molar-refractivity contribution < 1.29 is 18.3 Å². The van der Waals surface area contributed by atoms with E-state index in [1.807, 2.05) is 6.92 Å². The zero-order chi connectivity index (χ0) is 16.2. The molecule has 6 heteroatoms. The third-order valence-corrected chi connectivity index (χ3v) is 4.58. The molecule has 2 aromatic carbocycles. The van der Waals surface area contributed by atoms with Gasteiger partial charge in [0.2, 0.25) is 0 Å². The van der Waals surface area contributed by atoms with Crippen molar-refractivity contribution in [3.63, 3.8) is 0 Å². The maximum Gasteiger partial charge on any atom is 0.261 e. The number of benzene rings is 2. The summed E-state index contributed by atoms with van der Waals surface area (Å²) in [5, 5.41) is 9.03. The molecule has 118 valence electrons. The summed E-state index contributed by atoms with van der Waals surface area (Å²) in [7, 11) is -2.14. The van der Waals surface area contributed by atoms with Crippen LogP contribution in [0.4, 0.5) is 5.69 Å². The summed E-state index contributed by atoms with van der Waals surface area (Å²) in [6.07, 6.45) is 0.427. The Hall–Kier alpha value is -2.05. The Labute approximate surface area is 130 Å². The van der Waals surface area contributed by atoms with E-state index in [0.717, 1.165) is 11.1 Å². The van der Waals surface area contributed by atoms with E-state index in [0.29, 0.717) is 17.9 Å². The first kappa shape index (κ1) is 16.3. The molecule has 0 saturated carbocycles. The highest BCUT2D eigenvalue weighted by molar-refractivity contribution is 7.92. The van der Waals surface area contributed by atoms with Gasteiger partial charge in [0.05, 0.1) is 17.7 Å². The molecule has 0 aliphatic carbocycles. The molecular formula is C16H19NO4S. The molecule has 2 rings (SSSR count). The number of aliphatic hydroxyl groups is 1. The van der Waals surface area contributed by atoms with Gasteiger partial charge in [-0.05, 0) is 43.2 Å². The number of sulfonamides is 1. The minimum Gasteiger partial charge on any atom is -0.497 e. The quantitative estimate of drug-likeness (QED) is 0.856. The van der Waals surface area contributed by atoms with E-state index in [9.17, 15) is 8.42 Å². The number of aliphatic hydroxyl groups excluding tert-OH is 1. The second-order valence-corrected chi connectivity index (χ2v) is 6.64. The third kappa shape index (κ3) is 3.99. The van der Waals surface area contributed by atoms with Crippen LogP contribution in [0, 0.1) is 6.92 Å². The monoisotopic (exact) mass is 321 g/mol. The maximum atomic E-state index is 12.4. The Bertz CT molecular complexity index is 739. The normalized spacial score (nSPS) is 11.2. The van der Waals surface area contributed by atoms with Gasteiger partial charge in [-0.15, -0.1) is 0 Å². The molecule has 0 fully saturated rings. The molecule has 0 bridgehead atoms. The highest BCUT2D eigenvalue weighted by Gasteiger charge is 2.14. The van der Waals surface area contributed by atoms with Crippen molar-refractivity contribution in [2.75, 3.05) is 18.4 Å². The molecule has 22 heavy (non-hydrogen) atoms. The first-order valence-corrected chi connectivity index (χ1v) is 8.31. The average Bonchev–Trinajstić information content (AvgIpc) is 2.47. The number of aryl methyl sites for hydroxylation is 1. The summed E-state index contributed by atoms with van der Waals surface area (Å²) in [6.45, 7) is 1.88. The molecule has 0 radical (unpaired) electrons. The number of hydrogen-bond donors (Lipinski definition) is 2. The van der Waals surface area contributed by atoms with Gasteiger partial charge in [-0.3, -0.25) is 4.72 Å². The van der Waals surface area contributed by atoms with Crippen molar-refractivity contribution in [2.45, 2.75) is 18.2 Å². The SMILES string of the molecule is COc1cc(CCO)cc(NS(=O)(=O)c2ccc(C)cc2)c1. The van der Waals surface area contributed by atoms with Crippen LogP contribution in [0.25, 0.3) is 0 Å². The molecule has 0 unspecified atom stereocenters. The highest BCUT2D eigenvalue weighted by Crippen LogP contribution is 2.24. The van der Waals surface area contributed by atoms with Crippen LogP contribution < -0.4 is 9.46 Å². The van der Waals surface area contributed by atoms with Crippen LogP contribution in [0.3, 0.4) is 0 Å². The van der Waals surface area contributed by atoms with E-state index in [2.05, 4.69) is 4.72 Å². The lowest BCUT2D eigenvalue weighted by Crippen LogP contribution is -2.13. The molecule has 2 N–H and O–H groups in total. The molecule has 0 saturated heterocycles. The molecule has 5 nitrogen and oxygen atoms in total. The lowest BCUT2D eigenvalue weighted by Gasteiger charge is -2.11. The number of nitrogens with one attached hydrogen (secondary N) is 1. The first-order chi connectivity index (χ1) is 10.4. The Morgan fingerprint density at radius 3 is 2.41 bits per heavy atom. The summed E-state index contributed by atoms with van der Waals surface area (Å²) in [4.78, 5) is 0.199. The van der Waals surface area contributed by atoms with Crippen molar-refractivity contribution >= 4 is 15.7 Å². The fourth-order valence-corrected chi connectivity index (χ4v) is 3.08. The first-order valence-electron chi connectivity index (χ1n) is 6.83. The van der Waals surface area contributed by atoms with E-state index in [1.165, 1.54) is 7.11 Å². The minimum absolute atomic E-state index is 0.0165. The van der Waals surface area contributed by atoms with E-state index >= 15 is 0 Å². The largest absolute Gasteiger partial charge is 0.497 e. The lowest BCUT2D eigenvalue weighted by atomic mass is 10.1. The molecule has 0 aromatic heterocycles. The Balaban J connectivity index is 2.32. The second-order valence-electron chi connectivity index (χ2n) is 4.96. The predicted octanol–water partition coefficient (Wildman–Crippen LogP) is 2.34. The Morgan fingerprint density at radius 1 is 1.14 bits per heavy atom. The summed E-state index contributed by atoms with van der Waals surface area (Å²) in [5.74, 6) is 0.535. The molecule has 0 spiro atoms. The minimum atomic E-state index is -3.65. The van der Waals surface area contributed by atoms with Crippen molar-refractivity contribution in [2.24, 2.45) is 0 Å². The van der Waals surface area contributed by atoms with Crippen LogP contribution in [0.5, 0.6) is 5.75 Å². The molecule has 0 atom stereocenters. The standard InChI is InChI=1S/C16H19NO4S/c1-12-3-5-16(6-4-12)22(19,20)17-14-9-13(7-8-18)10-15(11-14)21-2/h3-6,9-11,17-18H,7-8H2,1-2H3. The molecular weight excluding hydrogens is 302 g/mol. The van der Waals surface area contributed by atoms with E-state index in [-0.39, 0.29) is 11.5 Å². The highest BCUT2D eigenvalue weighted by atomic mass is 32.2. The van der Waals surface area contributed by atoms with E-state index < -0.39 is 10.0 Å². The van der Waals surface area contributed by atoms with Crippen LogP contribution in [-0.4, -0.2) is 27.2 Å². The predicted molar refractivity (Wildman–Crippen MR) is 85.8 cm³/mol. The van der Waals surface area contributed by atoms with Crippen molar-refractivity contribution in [3.05, 3.63) is 53.6 Å². The summed E-state index contributed by atoms with van der Waals surface area (Å²) >= 11 is 0. The van der Waals surface area contributed by atoms with E-state index in [1.54, 1.807) is 42.5 Å². The smallest absolute Gasteiger partial charge is 0.261 e. The second kappa shape index (κ2) is 6.81. The van der Waals surface area contributed by atoms with Crippen molar-refractivity contribution in [3.8, 4) is 5.75 Å². The van der Waals surface area contributed by atoms with Gasteiger partial charge in [0.25, 0.3) is 10.0 Å². The van der Waals surface area contributed by atoms with Gasteiger partial charge in [-0.25, -0.2) is 8.42 Å². The number of methoxy groups -OCH3 is 1. The number of anilines is 1. The molecule has 0 aliphatic rings. The van der Waals surface area contributed by atoms with Gasteiger partial charge in [-0.2, -0.15) is 0 Å². The summed E-state index contributed by atoms with van der Waals surface area (Å²) in [6, 6.07) is 11.7. The number of rotatable bonds is 6. The van der Waals surface area contributed by atoms with Crippen molar-refractivity contribution in [1.82, 2.24) is 0 Å². The topological polar surface area (TPSA) is 75.6 Å². The van der Waals surface area contributed by atoms with Crippen LogP contribution in [0.2, 0.25) is 0 Å². The van der Waals surface area contributed by atoms with Crippen molar-refractivity contribution in [1.29, 1.82) is 0 Å².